The molecule has 0 amide bonds. The molecule has 0 unspecified atom stereocenters. The van der Waals surface area contributed by atoms with Crippen LogP contribution in [0.1, 0.15) is 6.42 Å². The molecule has 2 aliphatic rings. The molecule has 8 heteroatoms. The van der Waals surface area contributed by atoms with Gasteiger partial charge in [0.15, 0.2) is 0 Å². The molecule has 0 aliphatic carbocycles. The number of ether oxygens (including phenoxy) is 2. The van der Waals surface area contributed by atoms with Crippen molar-refractivity contribution in [2.75, 3.05) is 44.9 Å². The van der Waals surface area contributed by atoms with E-state index >= 15 is 0 Å². The molecule has 0 saturated carbocycles. The first-order valence-electron chi connectivity index (χ1n) is 9.51. The molecule has 2 fully saturated rings. The van der Waals surface area contributed by atoms with Gasteiger partial charge in [0.1, 0.15) is 12.1 Å². The number of hydrogen-bond acceptors (Lipinski definition) is 7. The summed E-state index contributed by atoms with van der Waals surface area (Å²) in [5.74, 6) is 1.22. The number of aromatic nitrogens is 4. The minimum absolute atomic E-state index is 0.133. The third-order valence-electron chi connectivity index (χ3n) is 6.10. The Labute approximate surface area is 162 Å². The summed E-state index contributed by atoms with van der Waals surface area (Å²) in [6.07, 6.45) is 2.59. The highest BCUT2D eigenvalue weighted by Gasteiger charge is 2.48. The summed E-state index contributed by atoms with van der Waals surface area (Å²) in [4.78, 5) is 2.30. The van der Waals surface area contributed by atoms with Crippen LogP contribution in [0.4, 0.5) is 5.69 Å². The molecule has 0 spiro atoms. The fraction of sp³-hybridized carbons (Fsp3) is 0.450. The van der Waals surface area contributed by atoms with E-state index in [1.54, 1.807) is 18.0 Å². The summed E-state index contributed by atoms with van der Waals surface area (Å²) < 4.78 is 12.7. The number of methoxy groups -OCH3 is 1. The van der Waals surface area contributed by atoms with Gasteiger partial charge in [-0.1, -0.05) is 0 Å². The Hall–Kier alpha value is -2.71. The molecule has 28 heavy (non-hydrogen) atoms. The Morgan fingerprint density at radius 2 is 2.18 bits per heavy atom. The highest BCUT2D eigenvalue weighted by molar-refractivity contribution is 5.75. The third kappa shape index (κ3) is 2.71. The van der Waals surface area contributed by atoms with Crippen LogP contribution in [0.3, 0.4) is 0 Å². The van der Waals surface area contributed by atoms with Gasteiger partial charge in [-0.05, 0) is 42.7 Å². The van der Waals surface area contributed by atoms with Gasteiger partial charge in [0.25, 0.3) is 0 Å². The molecule has 146 valence electrons. The van der Waals surface area contributed by atoms with Crippen molar-refractivity contribution in [2.24, 2.45) is 11.3 Å². The monoisotopic (exact) mass is 381 g/mol. The van der Waals surface area contributed by atoms with Gasteiger partial charge in [-0.15, -0.1) is 10.2 Å². The van der Waals surface area contributed by atoms with Crippen LogP contribution >= 0.6 is 0 Å². The number of aliphatic hydroxyl groups is 1. The van der Waals surface area contributed by atoms with Gasteiger partial charge in [-0.2, -0.15) is 9.61 Å². The van der Waals surface area contributed by atoms with Crippen LogP contribution in [0.25, 0.3) is 16.9 Å². The van der Waals surface area contributed by atoms with E-state index in [4.69, 9.17) is 9.47 Å². The molecule has 0 bridgehead atoms. The van der Waals surface area contributed by atoms with E-state index in [0.717, 1.165) is 54.5 Å². The standard InChI is InChI=1S/C20H23N5O3/c1-27-16-4-2-14(3-5-16)17-8-18(19-22-21-13-25(19)23-17)24-9-15-6-7-28-12-20(15,10-24)11-26/h2-5,8,13,15,26H,6-7,9-12H2,1H3/t15-,20+/m0/s1. The Kier molecular flexibility index (Phi) is 4.17. The van der Waals surface area contributed by atoms with Crippen molar-refractivity contribution >= 4 is 11.3 Å². The van der Waals surface area contributed by atoms with Gasteiger partial charge in [0.2, 0.25) is 5.65 Å². The zero-order valence-electron chi connectivity index (χ0n) is 15.8. The first-order valence-corrected chi connectivity index (χ1v) is 9.51. The number of rotatable bonds is 4. The molecular weight excluding hydrogens is 358 g/mol. The zero-order chi connectivity index (χ0) is 19.1. The molecule has 8 nitrogen and oxygen atoms in total. The smallest absolute Gasteiger partial charge is 0.200 e. The van der Waals surface area contributed by atoms with E-state index < -0.39 is 0 Å². The maximum atomic E-state index is 10.1. The Balaban J connectivity index is 1.56. The average molecular weight is 381 g/mol. The van der Waals surface area contributed by atoms with Crippen LogP contribution in [0.2, 0.25) is 0 Å². The summed E-state index contributed by atoms with van der Waals surface area (Å²) in [5, 5.41) is 23.1. The zero-order valence-corrected chi connectivity index (χ0v) is 15.8. The lowest BCUT2D eigenvalue weighted by Gasteiger charge is -2.36. The molecule has 3 aromatic rings. The lowest BCUT2D eigenvalue weighted by molar-refractivity contribution is -0.0543. The molecule has 2 atom stereocenters. The van der Waals surface area contributed by atoms with Crippen molar-refractivity contribution in [3.05, 3.63) is 36.7 Å². The minimum Gasteiger partial charge on any atom is -0.497 e. The number of aliphatic hydroxyl groups excluding tert-OH is 1. The third-order valence-corrected chi connectivity index (χ3v) is 6.10. The van der Waals surface area contributed by atoms with E-state index in [-0.39, 0.29) is 12.0 Å². The second kappa shape index (κ2) is 6.72. The summed E-state index contributed by atoms with van der Waals surface area (Å²) in [5.41, 5.74) is 3.34. The Morgan fingerprint density at radius 3 is 2.93 bits per heavy atom. The average Bonchev–Trinajstić information content (AvgIpc) is 3.38. The van der Waals surface area contributed by atoms with E-state index in [9.17, 15) is 5.11 Å². The normalized spacial score (nSPS) is 24.5. The quantitative estimate of drug-likeness (QED) is 0.735. The predicted molar refractivity (Wildman–Crippen MR) is 103 cm³/mol. The molecular formula is C20H23N5O3. The number of hydrogen-bond donors (Lipinski definition) is 1. The van der Waals surface area contributed by atoms with Gasteiger partial charge < -0.3 is 19.5 Å². The molecule has 2 aromatic heterocycles. The van der Waals surface area contributed by atoms with Gasteiger partial charge in [-0.25, -0.2) is 0 Å². The lowest BCUT2D eigenvalue weighted by Crippen LogP contribution is -2.43. The maximum absolute atomic E-state index is 10.1. The van der Waals surface area contributed by atoms with E-state index in [1.807, 2.05) is 24.3 Å². The van der Waals surface area contributed by atoms with Gasteiger partial charge in [0, 0.05) is 30.7 Å². The number of anilines is 1. The first kappa shape index (κ1) is 17.4. The van der Waals surface area contributed by atoms with E-state index in [1.165, 1.54) is 0 Å². The summed E-state index contributed by atoms with van der Waals surface area (Å²) in [7, 11) is 1.65. The Bertz CT molecular complexity index is 989. The van der Waals surface area contributed by atoms with Crippen molar-refractivity contribution in [2.45, 2.75) is 6.42 Å². The highest BCUT2D eigenvalue weighted by atomic mass is 16.5. The summed E-state index contributed by atoms with van der Waals surface area (Å²) in [6, 6.07) is 9.90. The molecule has 4 heterocycles. The fourth-order valence-corrected chi connectivity index (χ4v) is 4.45. The number of fused-ring (bicyclic) bond motifs is 2. The minimum atomic E-state index is -0.210. The summed E-state index contributed by atoms with van der Waals surface area (Å²) in [6.45, 7) is 3.10. The fourth-order valence-electron chi connectivity index (χ4n) is 4.45. The van der Waals surface area contributed by atoms with Crippen LogP contribution in [-0.4, -0.2) is 64.9 Å². The van der Waals surface area contributed by atoms with Crippen molar-refractivity contribution in [1.82, 2.24) is 19.8 Å². The van der Waals surface area contributed by atoms with Crippen LogP contribution in [0.15, 0.2) is 36.7 Å². The van der Waals surface area contributed by atoms with Gasteiger partial charge in [-0.3, -0.25) is 0 Å². The Morgan fingerprint density at radius 1 is 1.32 bits per heavy atom. The van der Waals surface area contributed by atoms with Crippen molar-refractivity contribution < 1.29 is 14.6 Å². The van der Waals surface area contributed by atoms with E-state index in [2.05, 4.69) is 26.3 Å². The molecule has 1 N–H and O–H groups in total. The van der Waals surface area contributed by atoms with Gasteiger partial charge in [0.05, 0.1) is 31.7 Å². The van der Waals surface area contributed by atoms with Crippen molar-refractivity contribution in [3.8, 4) is 17.0 Å². The molecule has 2 aliphatic heterocycles. The lowest BCUT2D eigenvalue weighted by atomic mass is 9.76. The van der Waals surface area contributed by atoms with Crippen LogP contribution in [-0.2, 0) is 4.74 Å². The molecule has 1 aromatic carbocycles. The highest BCUT2D eigenvalue weighted by Crippen LogP contribution is 2.43. The van der Waals surface area contributed by atoms with Crippen LogP contribution in [0.5, 0.6) is 5.75 Å². The first-order chi connectivity index (χ1) is 13.7. The van der Waals surface area contributed by atoms with Crippen molar-refractivity contribution in [1.29, 1.82) is 0 Å². The second-order valence-electron chi connectivity index (χ2n) is 7.68. The summed E-state index contributed by atoms with van der Waals surface area (Å²) >= 11 is 0. The number of benzene rings is 1. The SMILES string of the molecule is COc1ccc(-c2cc(N3C[C@@H]4CCOC[C@]4(CO)C3)c3nncn3n2)cc1. The molecule has 0 radical (unpaired) electrons. The number of nitrogens with zero attached hydrogens (tertiary/aromatic N) is 5. The van der Waals surface area contributed by atoms with Crippen LogP contribution < -0.4 is 9.64 Å². The van der Waals surface area contributed by atoms with Crippen molar-refractivity contribution in [3.63, 3.8) is 0 Å². The van der Waals surface area contributed by atoms with Gasteiger partial charge >= 0.3 is 0 Å². The predicted octanol–water partition coefficient (Wildman–Crippen LogP) is 1.64. The maximum Gasteiger partial charge on any atom is 0.200 e. The van der Waals surface area contributed by atoms with E-state index in [0.29, 0.717) is 12.5 Å². The topological polar surface area (TPSA) is 85.0 Å². The largest absolute Gasteiger partial charge is 0.497 e. The molecule has 5 rings (SSSR count). The molecule has 2 saturated heterocycles. The second-order valence-corrected chi connectivity index (χ2v) is 7.68. The van der Waals surface area contributed by atoms with Crippen LogP contribution in [0, 0.1) is 11.3 Å².